The van der Waals surface area contributed by atoms with Crippen LogP contribution in [0, 0.1) is 0 Å². The van der Waals surface area contributed by atoms with Crippen molar-refractivity contribution in [2.24, 2.45) is 0 Å². The zero-order valence-corrected chi connectivity index (χ0v) is 32.7. The average Bonchev–Trinajstić information content (AvgIpc) is 3.52. The second kappa shape index (κ2) is 13.5. The van der Waals surface area contributed by atoms with Crippen molar-refractivity contribution in [1.29, 1.82) is 0 Å². The van der Waals surface area contributed by atoms with Gasteiger partial charge in [-0.05, 0) is 131 Å². The molecule has 0 amide bonds. The van der Waals surface area contributed by atoms with Gasteiger partial charge in [-0.2, -0.15) is 0 Å². The van der Waals surface area contributed by atoms with Crippen molar-refractivity contribution in [3.63, 3.8) is 0 Å². The van der Waals surface area contributed by atoms with E-state index in [1.165, 1.54) is 88.0 Å². The lowest BCUT2D eigenvalue weighted by molar-refractivity contribution is 0.660. The van der Waals surface area contributed by atoms with Crippen LogP contribution in [-0.2, 0) is 5.41 Å². The summed E-state index contributed by atoms with van der Waals surface area (Å²) in [5.74, 6) is 0. The Kier molecular flexibility index (Phi) is 7.91. The predicted octanol–water partition coefficient (Wildman–Crippen LogP) is 15.9. The van der Waals surface area contributed by atoms with Gasteiger partial charge in [-0.25, -0.2) is 0 Å². The number of nitrogens with zero attached hydrogens (tertiary/aromatic N) is 1. The molecule has 0 N–H and O–H groups in total. The third kappa shape index (κ3) is 5.62. The van der Waals surface area contributed by atoms with Crippen LogP contribution in [0.1, 0.15) is 25.0 Å². The van der Waals surface area contributed by atoms with E-state index >= 15 is 0 Å². The van der Waals surface area contributed by atoms with E-state index in [4.69, 9.17) is 0 Å². The number of anilines is 3. The lowest BCUT2D eigenvalue weighted by Crippen LogP contribution is -2.17. The second-order valence-electron chi connectivity index (χ2n) is 16.2. The van der Waals surface area contributed by atoms with Crippen LogP contribution in [0.5, 0.6) is 0 Å². The van der Waals surface area contributed by atoms with Gasteiger partial charge in [-0.3, -0.25) is 0 Å². The molecule has 0 saturated carbocycles. The van der Waals surface area contributed by atoms with E-state index in [9.17, 15) is 0 Å². The van der Waals surface area contributed by atoms with Gasteiger partial charge >= 0.3 is 0 Å². The quantitative estimate of drug-likeness (QED) is 0.154. The largest absolute Gasteiger partial charge is 0.310 e. The van der Waals surface area contributed by atoms with Crippen molar-refractivity contribution in [2.75, 3.05) is 4.90 Å². The summed E-state index contributed by atoms with van der Waals surface area (Å²) in [5, 5.41) is 7.57. The number of rotatable bonds is 6. The normalized spacial score (nSPS) is 12.8. The van der Waals surface area contributed by atoms with Crippen molar-refractivity contribution < 1.29 is 0 Å². The van der Waals surface area contributed by atoms with Crippen LogP contribution in [0.2, 0.25) is 0 Å². The maximum atomic E-state index is 2.46. The zero-order chi connectivity index (χ0) is 38.8. The Hall–Kier alpha value is -7.22. The van der Waals surface area contributed by atoms with E-state index in [0.717, 1.165) is 17.1 Å². The minimum atomic E-state index is -0.125. The van der Waals surface area contributed by atoms with Gasteiger partial charge in [0.25, 0.3) is 0 Å². The molecule has 0 radical (unpaired) electrons. The van der Waals surface area contributed by atoms with E-state index in [1.807, 2.05) is 0 Å². The molecule has 1 aliphatic rings. The first-order chi connectivity index (χ1) is 28.5. The summed E-state index contributed by atoms with van der Waals surface area (Å²) in [5.41, 5.74) is 15.8. The van der Waals surface area contributed by atoms with Crippen molar-refractivity contribution in [3.05, 3.63) is 223 Å². The van der Waals surface area contributed by atoms with Crippen LogP contribution in [0.3, 0.4) is 0 Å². The van der Waals surface area contributed by atoms with Gasteiger partial charge in [0.15, 0.2) is 0 Å². The van der Waals surface area contributed by atoms with Crippen molar-refractivity contribution in [3.8, 4) is 44.5 Å². The van der Waals surface area contributed by atoms with Crippen molar-refractivity contribution >= 4 is 49.4 Å². The van der Waals surface area contributed by atoms with E-state index in [1.54, 1.807) is 0 Å². The van der Waals surface area contributed by atoms with Crippen molar-refractivity contribution in [1.82, 2.24) is 0 Å². The highest BCUT2D eigenvalue weighted by atomic mass is 15.1. The molecule has 1 nitrogen and oxygen atoms in total. The summed E-state index contributed by atoms with van der Waals surface area (Å²) in [7, 11) is 0. The SMILES string of the molecule is CC1(C)c2ccccc2-c2ccc(N(c3ccc(-c4ccc5ccccc5c4)cc3)c3ccc(-c4ccc5ccc6ccccc6c5c4)cc3-c3ccccc3)cc21. The van der Waals surface area contributed by atoms with Crippen LogP contribution in [0.25, 0.3) is 76.8 Å². The molecule has 58 heavy (non-hydrogen) atoms. The Labute approximate surface area is 340 Å². The number of benzene rings is 10. The van der Waals surface area contributed by atoms with Gasteiger partial charge in [0.1, 0.15) is 0 Å². The molecule has 0 spiro atoms. The minimum Gasteiger partial charge on any atom is -0.310 e. The molecule has 10 aromatic rings. The van der Waals surface area contributed by atoms with Crippen molar-refractivity contribution in [2.45, 2.75) is 19.3 Å². The monoisotopic (exact) mass is 739 g/mol. The molecule has 10 aromatic carbocycles. The molecule has 1 heteroatoms. The van der Waals surface area contributed by atoms with E-state index < -0.39 is 0 Å². The third-order valence-corrected chi connectivity index (χ3v) is 12.4. The van der Waals surface area contributed by atoms with Crippen LogP contribution < -0.4 is 4.90 Å². The summed E-state index contributed by atoms with van der Waals surface area (Å²) in [6, 6.07) is 78.4. The molecular weight excluding hydrogens is 699 g/mol. The first-order valence-electron chi connectivity index (χ1n) is 20.2. The van der Waals surface area contributed by atoms with E-state index in [2.05, 4.69) is 231 Å². The molecule has 11 rings (SSSR count). The number of hydrogen-bond acceptors (Lipinski definition) is 1. The fraction of sp³-hybridized carbons (Fsp3) is 0.0526. The third-order valence-electron chi connectivity index (χ3n) is 12.4. The standard InChI is InChI=1S/C57H41N/c1-57(2)54-19-11-10-18-50(54)51-32-31-48(37-55(51)57)58(47-29-26-39(27-30-47)44-24-20-38-12-6-7-16-43(38)34-44)56-33-28-46(36-53(56)40-13-4-3-5-14-40)45-25-23-42-22-21-41-15-8-9-17-49(41)52(42)35-45/h3-37H,1-2H3. The fourth-order valence-corrected chi connectivity index (χ4v) is 9.37. The molecule has 0 aliphatic heterocycles. The van der Waals surface area contributed by atoms with Gasteiger partial charge in [0.05, 0.1) is 5.69 Å². The zero-order valence-electron chi connectivity index (χ0n) is 32.7. The number of fused-ring (bicyclic) bond motifs is 7. The Morgan fingerprint density at radius 3 is 1.71 bits per heavy atom. The second-order valence-corrected chi connectivity index (χ2v) is 16.2. The molecular formula is C57H41N. The van der Waals surface area contributed by atoms with E-state index in [0.29, 0.717) is 0 Å². The Morgan fingerprint density at radius 2 is 0.879 bits per heavy atom. The summed E-state index contributed by atoms with van der Waals surface area (Å²) in [6.45, 7) is 4.72. The highest BCUT2D eigenvalue weighted by Crippen LogP contribution is 2.51. The summed E-state index contributed by atoms with van der Waals surface area (Å²) >= 11 is 0. The molecule has 274 valence electrons. The maximum Gasteiger partial charge on any atom is 0.0540 e. The Bertz CT molecular complexity index is 3190. The topological polar surface area (TPSA) is 3.24 Å². The molecule has 0 atom stereocenters. The van der Waals surface area contributed by atoms with Crippen LogP contribution in [0.15, 0.2) is 212 Å². The summed E-state index contributed by atoms with van der Waals surface area (Å²) < 4.78 is 0. The average molecular weight is 740 g/mol. The first kappa shape index (κ1) is 34.1. The molecule has 0 heterocycles. The molecule has 0 unspecified atom stereocenters. The van der Waals surface area contributed by atoms with E-state index in [-0.39, 0.29) is 5.41 Å². The van der Waals surface area contributed by atoms with Crippen LogP contribution in [0.4, 0.5) is 17.1 Å². The number of hydrogen-bond donors (Lipinski definition) is 0. The first-order valence-corrected chi connectivity index (χ1v) is 20.2. The minimum absolute atomic E-state index is 0.125. The summed E-state index contributed by atoms with van der Waals surface area (Å²) in [4.78, 5) is 2.46. The molecule has 0 saturated heterocycles. The molecule has 0 aromatic heterocycles. The highest BCUT2D eigenvalue weighted by Gasteiger charge is 2.36. The molecule has 0 fully saturated rings. The molecule has 1 aliphatic carbocycles. The van der Waals surface area contributed by atoms with Gasteiger partial charge < -0.3 is 4.90 Å². The van der Waals surface area contributed by atoms with Gasteiger partial charge in [0.2, 0.25) is 0 Å². The molecule has 0 bridgehead atoms. The van der Waals surface area contributed by atoms with Gasteiger partial charge in [-0.15, -0.1) is 0 Å². The smallest absolute Gasteiger partial charge is 0.0540 e. The predicted molar refractivity (Wildman–Crippen MR) is 248 cm³/mol. The lowest BCUT2D eigenvalue weighted by Gasteiger charge is -2.30. The lowest BCUT2D eigenvalue weighted by atomic mass is 9.82. The fourth-order valence-electron chi connectivity index (χ4n) is 9.37. The van der Waals surface area contributed by atoms with Gasteiger partial charge in [-0.1, -0.05) is 178 Å². The maximum absolute atomic E-state index is 2.46. The van der Waals surface area contributed by atoms with Crippen LogP contribution in [-0.4, -0.2) is 0 Å². The Morgan fingerprint density at radius 1 is 0.310 bits per heavy atom. The Balaban J connectivity index is 1.10. The van der Waals surface area contributed by atoms with Crippen LogP contribution >= 0.6 is 0 Å². The van der Waals surface area contributed by atoms with Gasteiger partial charge in [0, 0.05) is 22.4 Å². The highest BCUT2D eigenvalue weighted by molar-refractivity contribution is 6.09. The summed E-state index contributed by atoms with van der Waals surface area (Å²) in [6.07, 6.45) is 0.